The molecule has 0 saturated carbocycles. The molecule has 118 valence electrons. The highest BCUT2D eigenvalue weighted by Gasteiger charge is 2.28. The summed E-state index contributed by atoms with van der Waals surface area (Å²) in [6.07, 6.45) is -5.57. The van der Waals surface area contributed by atoms with Crippen LogP contribution in [-0.4, -0.2) is 39.0 Å². The van der Waals surface area contributed by atoms with Crippen LogP contribution in [-0.2, 0) is 9.05 Å². The number of rotatable bonds is 4. The van der Waals surface area contributed by atoms with E-state index in [1.807, 2.05) is 0 Å². The summed E-state index contributed by atoms with van der Waals surface area (Å²) in [5.74, 6) is -0.789. The van der Waals surface area contributed by atoms with E-state index in [1.165, 1.54) is 7.05 Å². The minimum atomic E-state index is -4.40. The molecule has 4 nitrogen and oxygen atoms in total. The lowest BCUT2D eigenvalue weighted by Crippen LogP contribution is -2.30. The van der Waals surface area contributed by atoms with Crippen LogP contribution < -0.4 is 0 Å². The monoisotopic (exact) mass is 363 g/mol. The van der Waals surface area contributed by atoms with Crippen LogP contribution in [0.2, 0.25) is 5.02 Å². The quantitative estimate of drug-likeness (QED) is 0.771. The Morgan fingerprint density at radius 1 is 1.29 bits per heavy atom. The van der Waals surface area contributed by atoms with E-state index in [4.69, 9.17) is 22.3 Å². The van der Waals surface area contributed by atoms with Crippen LogP contribution >= 0.6 is 22.3 Å². The number of benzene rings is 1. The van der Waals surface area contributed by atoms with E-state index in [1.54, 1.807) is 0 Å². The van der Waals surface area contributed by atoms with Gasteiger partial charge in [-0.2, -0.15) is 13.2 Å². The van der Waals surface area contributed by atoms with Crippen LogP contribution in [0.4, 0.5) is 13.2 Å². The summed E-state index contributed by atoms with van der Waals surface area (Å²) >= 11 is 5.68. The van der Waals surface area contributed by atoms with Crippen molar-refractivity contribution in [3.05, 3.63) is 28.8 Å². The first-order valence-electron chi connectivity index (χ1n) is 5.47. The molecule has 0 heterocycles. The average Bonchev–Trinajstić information content (AvgIpc) is 2.32. The van der Waals surface area contributed by atoms with Gasteiger partial charge in [-0.05, 0) is 18.2 Å². The Bertz CT molecular complexity index is 647. The zero-order valence-corrected chi connectivity index (χ0v) is 12.9. The predicted octanol–water partition coefficient (Wildman–Crippen LogP) is 3.29. The molecule has 1 aromatic carbocycles. The third kappa shape index (κ3) is 5.72. The summed E-state index contributed by atoms with van der Waals surface area (Å²) < 4.78 is 58.8. The Morgan fingerprint density at radius 3 is 2.33 bits per heavy atom. The van der Waals surface area contributed by atoms with Crippen molar-refractivity contribution in [2.75, 3.05) is 13.6 Å². The zero-order chi connectivity index (χ0) is 16.4. The van der Waals surface area contributed by atoms with Crippen molar-refractivity contribution in [3.63, 3.8) is 0 Å². The van der Waals surface area contributed by atoms with E-state index in [0.717, 1.165) is 23.1 Å². The number of hydrogen-bond acceptors (Lipinski definition) is 3. The first-order valence-corrected chi connectivity index (χ1v) is 8.16. The second-order valence-electron chi connectivity index (χ2n) is 4.21. The van der Waals surface area contributed by atoms with Crippen LogP contribution in [0.5, 0.6) is 0 Å². The molecule has 0 N–H and O–H groups in total. The van der Waals surface area contributed by atoms with Crippen molar-refractivity contribution < 1.29 is 26.4 Å². The Kier molecular flexibility index (Phi) is 5.51. The molecule has 1 aromatic rings. The molecule has 0 spiro atoms. The highest BCUT2D eigenvalue weighted by Crippen LogP contribution is 2.24. The van der Waals surface area contributed by atoms with Gasteiger partial charge >= 0.3 is 6.18 Å². The fourth-order valence-electron chi connectivity index (χ4n) is 1.44. The number of carbonyl (C=O) groups is 1. The summed E-state index contributed by atoms with van der Waals surface area (Å²) in [7, 11) is 2.21. The minimum absolute atomic E-state index is 0.0655. The van der Waals surface area contributed by atoms with E-state index in [-0.39, 0.29) is 10.6 Å². The SMILES string of the molecule is CN(CCC(F)(F)F)C(=O)c1cc(Cl)cc(S(=O)(=O)Cl)c1. The average molecular weight is 364 g/mol. The number of amides is 1. The molecular weight excluding hydrogens is 354 g/mol. The molecule has 21 heavy (non-hydrogen) atoms. The van der Waals surface area contributed by atoms with E-state index in [9.17, 15) is 26.4 Å². The van der Waals surface area contributed by atoms with Gasteiger partial charge in [0, 0.05) is 34.9 Å². The summed E-state index contributed by atoms with van der Waals surface area (Å²) in [6.45, 7) is -0.558. The van der Waals surface area contributed by atoms with Crippen LogP contribution in [0.3, 0.4) is 0 Å². The van der Waals surface area contributed by atoms with Crippen LogP contribution in [0.25, 0.3) is 0 Å². The third-order valence-electron chi connectivity index (χ3n) is 2.48. The van der Waals surface area contributed by atoms with Gasteiger partial charge in [0.15, 0.2) is 0 Å². The van der Waals surface area contributed by atoms with Gasteiger partial charge in [0.2, 0.25) is 0 Å². The van der Waals surface area contributed by atoms with Gasteiger partial charge in [0.1, 0.15) is 0 Å². The van der Waals surface area contributed by atoms with E-state index in [2.05, 4.69) is 0 Å². The van der Waals surface area contributed by atoms with Crippen molar-refractivity contribution in [2.24, 2.45) is 0 Å². The van der Waals surface area contributed by atoms with Crippen molar-refractivity contribution >= 4 is 37.2 Å². The van der Waals surface area contributed by atoms with Crippen molar-refractivity contribution in [3.8, 4) is 0 Å². The maximum atomic E-state index is 12.1. The largest absolute Gasteiger partial charge is 0.390 e. The number of carbonyl (C=O) groups excluding carboxylic acids is 1. The molecule has 0 bridgehead atoms. The number of hydrogen-bond donors (Lipinski definition) is 0. The van der Waals surface area contributed by atoms with Crippen molar-refractivity contribution in [1.29, 1.82) is 0 Å². The predicted molar refractivity (Wildman–Crippen MR) is 72.1 cm³/mol. The lowest BCUT2D eigenvalue weighted by atomic mass is 10.2. The molecular formula is C11H10Cl2F3NO3S. The molecule has 0 aliphatic carbocycles. The smallest absolute Gasteiger partial charge is 0.341 e. The summed E-state index contributed by atoms with van der Waals surface area (Å²) in [5.41, 5.74) is -0.161. The van der Waals surface area contributed by atoms with E-state index in [0.29, 0.717) is 0 Å². The van der Waals surface area contributed by atoms with Crippen LogP contribution in [0.1, 0.15) is 16.8 Å². The molecule has 1 rings (SSSR count). The fourth-order valence-corrected chi connectivity index (χ4v) is 2.55. The molecule has 0 aliphatic rings. The number of nitrogens with zero attached hydrogens (tertiary/aromatic N) is 1. The van der Waals surface area contributed by atoms with Crippen molar-refractivity contribution in [2.45, 2.75) is 17.5 Å². The van der Waals surface area contributed by atoms with Gasteiger partial charge in [-0.25, -0.2) is 8.42 Å². The maximum Gasteiger partial charge on any atom is 0.390 e. The first-order chi connectivity index (χ1) is 9.40. The van der Waals surface area contributed by atoms with Gasteiger partial charge in [0.05, 0.1) is 11.3 Å². The molecule has 0 atom stereocenters. The summed E-state index contributed by atoms with van der Waals surface area (Å²) in [5, 5.41) is -0.0655. The van der Waals surface area contributed by atoms with Gasteiger partial charge in [-0.3, -0.25) is 4.79 Å². The second kappa shape index (κ2) is 6.41. The lowest BCUT2D eigenvalue weighted by molar-refractivity contribution is -0.136. The third-order valence-corrected chi connectivity index (χ3v) is 4.03. The lowest BCUT2D eigenvalue weighted by Gasteiger charge is -2.18. The summed E-state index contributed by atoms with van der Waals surface area (Å²) in [4.78, 5) is 12.4. The van der Waals surface area contributed by atoms with Crippen LogP contribution in [0, 0.1) is 0 Å². The molecule has 0 aliphatic heterocycles. The van der Waals surface area contributed by atoms with E-state index < -0.39 is 39.0 Å². The topological polar surface area (TPSA) is 54.5 Å². The van der Waals surface area contributed by atoms with E-state index >= 15 is 0 Å². The highest BCUT2D eigenvalue weighted by atomic mass is 35.7. The fraction of sp³-hybridized carbons (Fsp3) is 0.364. The summed E-state index contributed by atoms with van der Waals surface area (Å²) in [6, 6.07) is 3.15. The molecule has 0 radical (unpaired) electrons. The van der Waals surface area contributed by atoms with Gasteiger partial charge in [-0.1, -0.05) is 11.6 Å². The Hall–Kier alpha value is -0.990. The van der Waals surface area contributed by atoms with Crippen molar-refractivity contribution in [1.82, 2.24) is 4.90 Å². The molecule has 1 amide bonds. The van der Waals surface area contributed by atoms with Crippen LogP contribution in [0.15, 0.2) is 23.1 Å². The second-order valence-corrected chi connectivity index (χ2v) is 7.21. The molecule has 0 unspecified atom stereocenters. The van der Waals surface area contributed by atoms with Gasteiger partial charge in [-0.15, -0.1) is 0 Å². The zero-order valence-electron chi connectivity index (χ0n) is 10.6. The molecule has 10 heteroatoms. The molecule has 0 fully saturated rings. The first kappa shape index (κ1) is 18.1. The normalized spacial score (nSPS) is 12.3. The Labute approximate surface area is 128 Å². The number of alkyl halides is 3. The number of halogens is 5. The van der Waals surface area contributed by atoms with Gasteiger partial charge < -0.3 is 4.90 Å². The Morgan fingerprint density at radius 2 is 1.86 bits per heavy atom. The standard InChI is InChI=1S/C11H10Cl2F3NO3S/c1-17(3-2-11(14,15)16)10(18)7-4-8(12)6-9(5-7)21(13,19)20/h4-6H,2-3H2,1H3. The highest BCUT2D eigenvalue weighted by molar-refractivity contribution is 8.13. The molecule has 0 saturated heterocycles. The maximum absolute atomic E-state index is 12.1. The minimum Gasteiger partial charge on any atom is -0.341 e. The molecule has 0 aromatic heterocycles. The van der Waals surface area contributed by atoms with Gasteiger partial charge in [0.25, 0.3) is 15.0 Å². The Balaban J connectivity index is 3.00.